The van der Waals surface area contributed by atoms with Crippen molar-refractivity contribution in [1.29, 1.82) is 0 Å². The Morgan fingerprint density at radius 1 is 1.16 bits per heavy atom. The summed E-state index contributed by atoms with van der Waals surface area (Å²) in [5.41, 5.74) is 2.04. The molecule has 1 aliphatic rings. The lowest BCUT2D eigenvalue weighted by Crippen LogP contribution is -2.38. The number of hydrogen-bond acceptors (Lipinski definition) is 2. The average Bonchev–Trinajstić information content (AvgIpc) is 2.91. The lowest BCUT2D eigenvalue weighted by atomic mass is 9.80. The van der Waals surface area contributed by atoms with Crippen LogP contribution in [0.3, 0.4) is 0 Å². The molecule has 0 aliphatic carbocycles. The lowest BCUT2D eigenvalue weighted by Gasteiger charge is -2.32. The van der Waals surface area contributed by atoms with Gasteiger partial charge in [-0.3, -0.25) is 0 Å². The number of hydrogen-bond donors (Lipinski definition) is 2. The minimum atomic E-state index is -0.214. The van der Waals surface area contributed by atoms with Gasteiger partial charge < -0.3 is 10.3 Å². The summed E-state index contributed by atoms with van der Waals surface area (Å²) in [6.45, 7) is 4.31. The van der Waals surface area contributed by atoms with Gasteiger partial charge in [0.25, 0.3) is 0 Å². The van der Waals surface area contributed by atoms with Gasteiger partial charge in [-0.1, -0.05) is 6.92 Å². The van der Waals surface area contributed by atoms with Gasteiger partial charge in [-0.2, -0.15) is 0 Å². The molecule has 2 heterocycles. The third kappa shape index (κ3) is 2.40. The third-order valence-corrected chi connectivity index (χ3v) is 4.01. The van der Waals surface area contributed by atoms with E-state index in [1.165, 1.54) is 12.1 Å². The Morgan fingerprint density at radius 2 is 1.84 bits per heavy atom. The highest BCUT2D eigenvalue weighted by molar-refractivity contribution is 5.58. The molecular formula is C15H18FN3. The number of piperidine rings is 1. The summed E-state index contributed by atoms with van der Waals surface area (Å²) in [7, 11) is 0. The van der Waals surface area contributed by atoms with E-state index in [2.05, 4.69) is 22.2 Å². The molecule has 0 unspecified atom stereocenters. The van der Waals surface area contributed by atoms with E-state index in [0.29, 0.717) is 0 Å². The molecule has 0 saturated carbocycles. The highest BCUT2D eigenvalue weighted by Crippen LogP contribution is 2.32. The second kappa shape index (κ2) is 4.78. The molecule has 0 atom stereocenters. The summed E-state index contributed by atoms with van der Waals surface area (Å²) >= 11 is 0. The molecule has 19 heavy (non-hydrogen) atoms. The van der Waals surface area contributed by atoms with Crippen LogP contribution in [-0.4, -0.2) is 23.1 Å². The highest BCUT2D eigenvalue weighted by atomic mass is 19.1. The van der Waals surface area contributed by atoms with Crippen LogP contribution in [0.5, 0.6) is 0 Å². The van der Waals surface area contributed by atoms with Crippen molar-refractivity contribution in [2.75, 3.05) is 13.1 Å². The molecule has 4 heteroatoms. The predicted molar refractivity (Wildman–Crippen MR) is 73.4 cm³/mol. The summed E-state index contributed by atoms with van der Waals surface area (Å²) in [5.74, 6) is 0.821. The van der Waals surface area contributed by atoms with Crippen LogP contribution in [0, 0.1) is 5.82 Å². The first kappa shape index (κ1) is 12.4. The Bertz CT molecular complexity index is 553. The summed E-state index contributed by atoms with van der Waals surface area (Å²) in [6, 6.07) is 6.50. The quantitative estimate of drug-likeness (QED) is 0.870. The van der Waals surface area contributed by atoms with Crippen LogP contribution >= 0.6 is 0 Å². The van der Waals surface area contributed by atoms with Crippen LogP contribution in [0.25, 0.3) is 11.3 Å². The number of benzene rings is 1. The Labute approximate surface area is 112 Å². The van der Waals surface area contributed by atoms with E-state index in [-0.39, 0.29) is 11.2 Å². The molecule has 3 nitrogen and oxygen atoms in total. The summed E-state index contributed by atoms with van der Waals surface area (Å²) in [5, 5.41) is 3.37. The first-order chi connectivity index (χ1) is 9.17. The van der Waals surface area contributed by atoms with Gasteiger partial charge in [0, 0.05) is 5.41 Å². The Hall–Kier alpha value is -1.68. The van der Waals surface area contributed by atoms with Crippen LogP contribution in [0.1, 0.15) is 25.6 Å². The number of nitrogens with one attached hydrogen (secondary N) is 2. The molecule has 1 saturated heterocycles. The van der Waals surface area contributed by atoms with Crippen molar-refractivity contribution in [2.24, 2.45) is 0 Å². The maximum absolute atomic E-state index is 12.9. The largest absolute Gasteiger partial charge is 0.342 e. The van der Waals surface area contributed by atoms with Crippen LogP contribution in [0.15, 0.2) is 30.5 Å². The molecule has 2 aromatic rings. The van der Waals surface area contributed by atoms with Crippen molar-refractivity contribution in [3.8, 4) is 11.3 Å². The molecule has 1 aromatic heterocycles. The average molecular weight is 259 g/mol. The highest BCUT2D eigenvalue weighted by Gasteiger charge is 2.31. The van der Waals surface area contributed by atoms with Gasteiger partial charge in [0.15, 0.2) is 0 Å². The molecule has 3 rings (SSSR count). The number of aromatic amines is 1. The fourth-order valence-electron chi connectivity index (χ4n) is 2.62. The van der Waals surface area contributed by atoms with Crippen molar-refractivity contribution in [3.05, 3.63) is 42.1 Å². The van der Waals surface area contributed by atoms with E-state index in [1.54, 1.807) is 12.1 Å². The van der Waals surface area contributed by atoms with E-state index in [9.17, 15) is 4.39 Å². The first-order valence-corrected chi connectivity index (χ1v) is 6.70. The summed E-state index contributed by atoms with van der Waals surface area (Å²) < 4.78 is 12.9. The van der Waals surface area contributed by atoms with E-state index in [4.69, 9.17) is 0 Å². The van der Waals surface area contributed by atoms with E-state index in [0.717, 1.165) is 43.0 Å². The Morgan fingerprint density at radius 3 is 2.53 bits per heavy atom. The predicted octanol–water partition coefficient (Wildman–Crippen LogP) is 2.86. The molecule has 2 N–H and O–H groups in total. The van der Waals surface area contributed by atoms with Crippen LogP contribution in [-0.2, 0) is 5.41 Å². The van der Waals surface area contributed by atoms with Gasteiger partial charge in [-0.25, -0.2) is 9.37 Å². The number of nitrogens with zero attached hydrogens (tertiary/aromatic N) is 1. The monoisotopic (exact) mass is 259 g/mol. The fourth-order valence-corrected chi connectivity index (χ4v) is 2.62. The van der Waals surface area contributed by atoms with Crippen LogP contribution in [0.2, 0.25) is 0 Å². The fraction of sp³-hybridized carbons (Fsp3) is 0.400. The maximum atomic E-state index is 12.9. The van der Waals surface area contributed by atoms with Crippen molar-refractivity contribution in [2.45, 2.75) is 25.2 Å². The Kier molecular flexibility index (Phi) is 3.11. The topological polar surface area (TPSA) is 40.7 Å². The number of rotatable bonds is 2. The van der Waals surface area contributed by atoms with Crippen molar-refractivity contribution >= 4 is 0 Å². The SMILES string of the molecule is CC1(c2ncc(-c3ccc(F)cc3)[nH]2)CCNCC1. The van der Waals surface area contributed by atoms with Gasteiger partial charge in [0.05, 0.1) is 11.9 Å². The minimum Gasteiger partial charge on any atom is -0.342 e. The van der Waals surface area contributed by atoms with E-state index >= 15 is 0 Å². The van der Waals surface area contributed by atoms with Gasteiger partial charge >= 0.3 is 0 Å². The summed E-state index contributed by atoms with van der Waals surface area (Å²) in [6.07, 6.45) is 4.02. The standard InChI is InChI=1S/C15H18FN3/c1-15(6-8-17-9-7-15)14-18-10-13(19-14)11-2-4-12(16)5-3-11/h2-5,10,17H,6-9H2,1H3,(H,18,19). The zero-order valence-electron chi connectivity index (χ0n) is 11.0. The number of halogens is 1. The zero-order valence-corrected chi connectivity index (χ0v) is 11.0. The lowest BCUT2D eigenvalue weighted by molar-refractivity contribution is 0.321. The van der Waals surface area contributed by atoms with E-state index < -0.39 is 0 Å². The van der Waals surface area contributed by atoms with E-state index in [1.807, 2.05) is 6.20 Å². The van der Waals surface area contributed by atoms with Gasteiger partial charge in [-0.15, -0.1) is 0 Å². The van der Waals surface area contributed by atoms with Crippen molar-refractivity contribution in [3.63, 3.8) is 0 Å². The molecule has 0 bridgehead atoms. The number of imidazole rings is 1. The minimum absolute atomic E-state index is 0.115. The molecular weight excluding hydrogens is 241 g/mol. The number of H-pyrrole nitrogens is 1. The van der Waals surface area contributed by atoms with Crippen molar-refractivity contribution < 1.29 is 4.39 Å². The third-order valence-electron chi connectivity index (χ3n) is 4.01. The smallest absolute Gasteiger partial charge is 0.123 e. The second-order valence-electron chi connectivity index (χ2n) is 5.46. The van der Waals surface area contributed by atoms with Gasteiger partial charge in [-0.05, 0) is 55.8 Å². The molecule has 0 radical (unpaired) electrons. The second-order valence-corrected chi connectivity index (χ2v) is 5.46. The molecule has 0 spiro atoms. The number of aromatic nitrogens is 2. The van der Waals surface area contributed by atoms with Crippen molar-refractivity contribution in [1.82, 2.24) is 15.3 Å². The normalized spacial score (nSPS) is 18.4. The molecule has 1 aliphatic heterocycles. The zero-order chi connectivity index (χ0) is 13.3. The Balaban J connectivity index is 1.88. The molecule has 0 amide bonds. The molecule has 1 fully saturated rings. The van der Waals surface area contributed by atoms with Crippen LogP contribution < -0.4 is 5.32 Å². The molecule has 100 valence electrons. The molecule has 1 aromatic carbocycles. The summed E-state index contributed by atoms with van der Waals surface area (Å²) in [4.78, 5) is 7.93. The first-order valence-electron chi connectivity index (χ1n) is 6.70. The van der Waals surface area contributed by atoms with Gasteiger partial charge in [0.1, 0.15) is 11.6 Å². The van der Waals surface area contributed by atoms with Gasteiger partial charge in [0.2, 0.25) is 0 Å². The van der Waals surface area contributed by atoms with Crippen LogP contribution in [0.4, 0.5) is 4.39 Å². The maximum Gasteiger partial charge on any atom is 0.123 e.